The van der Waals surface area contributed by atoms with Crippen LogP contribution in [0.3, 0.4) is 0 Å². The lowest BCUT2D eigenvalue weighted by atomic mass is 10.0. The van der Waals surface area contributed by atoms with E-state index in [1.165, 1.54) is 10.8 Å². The van der Waals surface area contributed by atoms with E-state index >= 15 is 0 Å². The van der Waals surface area contributed by atoms with E-state index in [0.717, 1.165) is 39.2 Å². The number of nitrogens with one attached hydrogen (secondary N) is 1. The zero-order chi connectivity index (χ0) is 19.1. The van der Waals surface area contributed by atoms with E-state index in [4.69, 9.17) is 5.73 Å². The highest BCUT2D eigenvalue weighted by Gasteiger charge is 2.11. The van der Waals surface area contributed by atoms with Crippen LogP contribution in [0.1, 0.15) is 11.1 Å². The van der Waals surface area contributed by atoms with Crippen molar-refractivity contribution in [3.63, 3.8) is 0 Å². The van der Waals surface area contributed by atoms with Crippen LogP contribution in [-0.2, 0) is 13.0 Å². The smallest absolute Gasteiger partial charge is 0.258 e. The maximum absolute atomic E-state index is 13.2. The summed E-state index contributed by atoms with van der Waals surface area (Å²) in [5.41, 5.74) is 9.11. The number of hydrogen-bond acceptors (Lipinski definition) is 2. The Hall–Kier alpha value is -3.37. The van der Waals surface area contributed by atoms with Crippen LogP contribution in [0.5, 0.6) is 0 Å². The molecule has 138 valence electrons. The number of aromatic amines is 1. The topological polar surface area (TPSA) is 63.8 Å². The van der Waals surface area contributed by atoms with Gasteiger partial charge in [0.1, 0.15) is 0 Å². The van der Waals surface area contributed by atoms with Gasteiger partial charge in [-0.2, -0.15) is 0 Å². The lowest BCUT2D eigenvalue weighted by Crippen LogP contribution is -2.20. The highest BCUT2D eigenvalue weighted by Crippen LogP contribution is 2.27. The van der Waals surface area contributed by atoms with E-state index in [1.807, 2.05) is 42.7 Å². The summed E-state index contributed by atoms with van der Waals surface area (Å²) in [4.78, 5) is 16.5. The summed E-state index contributed by atoms with van der Waals surface area (Å²) < 4.78 is 1.79. The molecule has 3 aromatic carbocycles. The Labute approximate surface area is 162 Å². The molecule has 5 aromatic rings. The number of nitrogens with two attached hydrogens (primary N) is 1. The number of H-pyrrole nitrogens is 1. The third-order valence-corrected chi connectivity index (χ3v) is 5.46. The first-order valence-electron chi connectivity index (χ1n) is 9.54. The molecule has 2 aromatic heterocycles. The molecule has 0 saturated carbocycles. The minimum atomic E-state index is 0.0347. The molecule has 0 aliphatic carbocycles. The first-order chi connectivity index (χ1) is 13.7. The second-order valence-corrected chi connectivity index (χ2v) is 7.23. The Morgan fingerprint density at radius 1 is 0.929 bits per heavy atom. The van der Waals surface area contributed by atoms with Crippen molar-refractivity contribution in [1.29, 1.82) is 0 Å². The largest absolute Gasteiger partial charge is 0.361 e. The van der Waals surface area contributed by atoms with E-state index in [-0.39, 0.29) is 5.56 Å². The van der Waals surface area contributed by atoms with Crippen molar-refractivity contribution >= 4 is 32.4 Å². The molecular formula is C24H21N3O. The highest BCUT2D eigenvalue weighted by molar-refractivity contribution is 6.07. The van der Waals surface area contributed by atoms with Gasteiger partial charge in [0.2, 0.25) is 0 Å². The highest BCUT2D eigenvalue weighted by atomic mass is 16.1. The predicted molar refractivity (Wildman–Crippen MR) is 116 cm³/mol. The molecule has 4 heteroatoms. The molecule has 0 atom stereocenters. The summed E-state index contributed by atoms with van der Waals surface area (Å²) in [6.07, 6.45) is 4.69. The van der Waals surface area contributed by atoms with Gasteiger partial charge in [-0.15, -0.1) is 0 Å². The molecule has 0 spiro atoms. The summed E-state index contributed by atoms with van der Waals surface area (Å²) in [6.45, 7) is 1.14. The second kappa shape index (κ2) is 6.66. The quantitative estimate of drug-likeness (QED) is 0.500. The Bertz CT molecular complexity index is 1380. The molecule has 0 bridgehead atoms. The second-order valence-electron chi connectivity index (χ2n) is 7.23. The number of nitrogens with zero attached hydrogens (tertiary/aromatic N) is 1. The molecular weight excluding hydrogens is 346 g/mol. The van der Waals surface area contributed by atoms with Crippen molar-refractivity contribution in [1.82, 2.24) is 9.55 Å². The lowest BCUT2D eigenvalue weighted by Gasteiger charge is -2.10. The molecule has 0 aliphatic rings. The number of aromatic nitrogens is 2. The van der Waals surface area contributed by atoms with Crippen molar-refractivity contribution in [2.75, 3.05) is 6.54 Å². The van der Waals surface area contributed by atoms with Crippen LogP contribution in [0.4, 0.5) is 0 Å². The van der Waals surface area contributed by atoms with Crippen LogP contribution in [0, 0.1) is 0 Å². The molecule has 0 unspecified atom stereocenters. The Kier molecular flexibility index (Phi) is 3.99. The van der Waals surface area contributed by atoms with Crippen molar-refractivity contribution in [2.24, 2.45) is 5.73 Å². The van der Waals surface area contributed by atoms with Gasteiger partial charge in [-0.25, -0.2) is 0 Å². The molecule has 0 aliphatic heterocycles. The SMILES string of the molecule is NCCc1c[nH]c2ccc3c(=O)n(Cc4ccc5ccccc5c4)ccc3c12. The van der Waals surface area contributed by atoms with Crippen molar-refractivity contribution < 1.29 is 0 Å². The van der Waals surface area contributed by atoms with Crippen molar-refractivity contribution in [3.05, 3.63) is 94.5 Å². The fourth-order valence-corrected chi connectivity index (χ4v) is 4.08. The molecule has 0 saturated heterocycles. The zero-order valence-corrected chi connectivity index (χ0v) is 15.5. The van der Waals surface area contributed by atoms with E-state index in [2.05, 4.69) is 35.3 Å². The van der Waals surface area contributed by atoms with E-state index in [1.54, 1.807) is 4.57 Å². The molecule has 4 nitrogen and oxygen atoms in total. The minimum Gasteiger partial charge on any atom is -0.361 e. The maximum Gasteiger partial charge on any atom is 0.258 e. The summed E-state index contributed by atoms with van der Waals surface area (Å²) in [6, 6.07) is 20.6. The molecule has 0 amide bonds. The van der Waals surface area contributed by atoms with Gasteiger partial charge in [0, 0.05) is 28.7 Å². The van der Waals surface area contributed by atoms with E-state index in [9.17, 15) is 4.79 Å². The van der Waals surface area contributed by atoms with Crippen LogP contribution in [0.25, 0.3) is 32.4 Å². The first kappa shape index (κ1) is 16.8. The Morgan fingerprint density at radius 3 is 2.64 bits per heavy atom. The van der Waals surface area contributed by atoms with Crippen LogP contribution >= 0.6 is 0 Å². The van der Waals surface area contributed by atoms with Gasteiger partial charge in [-0.1, -0.05) is 36.4 Å². The zero-order valence-electron chi connectivity index (χ0n) is 15.5. The average Bonchev–Trinajstić information content (AvgIpc) is 3.13. The Balaban J connectivity index is 1.62. The summed E-state index contributed by atoms with van der Waals surface area (Å²) in [7, 11) is 0. The number of pyridine rings is 1. The molecule has 3 N–H and O–H groups in total. The standard InChI is InChI=1S/C24H21N3O/c25-11-9-19-14-26-22-8-7-21-20(23(19)22)10-12-27(24(21)28)15-16-5-6-17-3-1-2-4-18(17)13-16/h1-8,10,12-14,26H,9,11,15,25H2. The summed E-state index contributed by atoms with van der Waals surface area (Å²) in [5, 5.41) is 5.24. The molecule has 5 rings (SSSR count). The molecule has 2 heterocycles. The lowest BCUT2D eigenvalue weighted by molar-refractivity contribution is 0.769. The third kappa shape index (κ3) is 2.70. The molecule has 0 fully saturated rings. The van der Waals surface area contributed by atoms with Gasteiger partial charge < -0.3 is 15.3 Å². The van der Waals surface area contributed by atoms with Crippen LogP contribution in [0.2, 0.25) is 0 Å². The van der Waals surface area contributed by atoms with Gasteiger partial charge in [0.25, 0.3) is 5.56 Å². The van der Waals surface area contributed by atoms with Crippen LogP contribution < -0.4 is 11.3 Å². The minimum absolute atomic E-state index is 0.0347. The van der Waals surface area contributed by atoms with Crippen molar-refractivity contribution in [2.45, 2.75) is 13.0 Å². The fraction of sp³-hybridized carbons (Fsp3) is 0.125. The third-order valence-electron chi connectivity index (χ3n) is 5.46. The average molecular weight is 367 g/mol. The van der Waals surface area contributed by atoms with Crippen molar-refractivity contribution in [3.8, 4) is 0 Å². The monoisotopic (exact) mass is 367 g/mol. The number of fused-ring (bicyclic) bond motifs is 4. The number of hydrogen-bond donors (Lipinski definition) is 2. The number of rotatable bonds is 4. The van der Waals surface area contributed by atoms with Crippen LogP contribution in [0.15, 0.2) is 77.9 Å². The maximum atomic E-state index is 13.2. The predicted octanol–water partition coefficient (Wildman–Crippen LogP) is 4.19. The van der Waals surface area contributed by atoms with E-state index < -0.39 is 0 Å². The van der Waals surface area contributed by atoms with Gasteiger partial charge in [-0.3, -0.25) is 4.79 Å². The first-order valence-corrected chi connectivity index (χ1v) is 9.54. The van der Waals surface area contributed by atoms with Crippen LogP contribution in [-0.4, -0.2) is 16.1 Å². The normalized spacial score (nSPS) is 11.6. The van der Waals surface area contributed by atoms with Gasteiger partial charge >= 0.3 is 0 Å². The van der Waals surface area contributed by atoms with E-state index in [0.29, 0.717) is 13.1 Å². The summed E-state index contributed by atoms with van der Waals surface area (Å²) >= 11 is 0. The molecule has 28 heavy (non-hydrogen) atoms. The van der Waals surface area contributed by atoms with Gasteiger partial charge in [0.05, 0.1) is 6.54 Å². The molecule has 0 radical (unpaired) electrons. The van der Waals surface area contributed by atoms with Gasteiger partial charge in [0.15, 0.2) is 0 Å². The fourth-order valence-electron chi connectivity index (χ4n) is 4.08. The Morgan fingerprint density at radius 2 is 1.79 bits per heavy atom. The summed E-state index contributed by atoms with van der Waals surface area (Å²) in [5.74, 6) is 0. The van der Waals surface area contributed by atoms with Gasteiger partial charge in [-0.05, 0) is 64.5 Å². The number of benzene rings is 3.